The average molecular weight is 220 g/mol. The fourth-order valence-electron chi connectivity index (χ4n) is 1.89. The first-order valence-corrected chi connectivity index (χ1v) is 5.77. The van der Waals surface area contributed by atoms with Gasteiger partial charge in [-0.05, 0) is 49.7 Å². The van der Waals surface area contributed by atoms with Crippen molar-refractivity contribution in [1.82, 2.24) is 10.3 Å². The number of hydrogen-bond acceptors (Lipinski definition) is 1. The number of H-pyrrole nitrogens is 1. The molecule has 0 radical (unpaired) electrons. The van der Waals surface area contributed by atoms with E-state index in [-0.39, 0.29) is 5.82 Å². The van der Waals surface area contributed by atoms with E-state index in [2.05, 4.69) is 17.2 Å². The summed E-state index contributed by atoms with van der Waals surface area (Å²) in [5.41, 5.74) is 2.13. The lowest BCUT2D eigenvalue weighted by Gasteiger charge is -2.01. The van der Waals surface area contributed by atoms with Gasteiger partial charge in [-0.15, -0.1) is 0 Å². The Labute approximate surface area is 94.9 Å². The molecule has 0 saturated carbocycles. The molecule has 0 spiro atoms. The van der Waals surface area contributed by atoms with Gasteiger partial charge < -0.3 is 10.3 Å². The molecule has 0 atom stereocenters. The zero-order chi connectivity index (χ0) is 11.4. The molecule has 2 nitrogen and oxygen atoms in total. The van der Waals surface area contributed by atoms with E-state index in [0.29, 0.717) is 0 Å². The number of hydrogen-bond donors (Lipinski definition) is 2. The van der Waals surface area contributed by atoms with Crippen LogP contribution in [0.4, 0.5) is 4.39 Å². The third-order valence-electron chi connectivity index (χ3n) is 2.73. The number of nitrogens with one attached hydrogen (secondary N) is 2. The largest absolute Gasteiger partial charge is 0.361 e. The molecule has 2 aromatic rings. The molecule has 0 aliphatic rings. The van der Waals surface area contributed by atoms with Crippen LogP contribution in [-0.4, -0.2) is 18.1 Å². The van der Waals surface area contributed by atoms with Gasteiger partial charge in [0.1, 0.15) is 5.82 Å². The molecule has 0 unspecified atom stereocenters. The maximum atomic E-state index is 13.0. The Morgan fingerprint density at radius 2 is 2.19 bits per heavy atom. The predicted molar refractivity (Wildman–Crippen MR) is 65.1 cm³/mol. The highest BCUT2D eigenvalue weighted by molar-refractivity contribution is 5.83. The number of aromatic amines is 1. The molecule has 0 aliphatic heterocycles. The second-order valence-corrected chi connectivity index (χ2v) is 4.00. The lowest BCUT2D eigenvalue weighted by Crippen LogP contribution is -2.17. The Balaban J connectivity index is 2.07. The van der Waals surface area contributed by atoms with E-state index in [1.54, 1.807) is 0 Å². The highest BCUT2D eigenvalue weighted by Gasteiger charge is 2.03. The summed E-state index contributed by atoms with van der Waals surface area (Å²) in [5.74, 6) is -0.190. The Hall–Kier alpha value is -1.35. The molecule has 3 heteroatoms. The molecule has 0 saturated heterocycles. The average Bonchev–Trinajstić information content (AvgIpc) is 2.67. The van der Waals surface area contributed by atoms with Gasteiger partial charge in [0, 0.05) is 17.1 Å². The van der Waals surface area contributed by atoms with Crippen molar-refractivity contribution in [2.75, 3.05) is 13.1 Å². The van der Waals surface area contributed by atoms with E-state index >= 15 is 0 Å². The van der Waals surface area contributed by atoms with Gasteiger partial charge in [-0.1, -0.05) is 6.92 Å². The van der Waals surface area contributed by atoms with Crippen molar-refractivity contribution < 1.29 is 4.39 Å². The van der Waals surface area contributed by atoms with Gasteiger partial charge in [0.15, 0.2) is 0 Å². The lowest BCUT2D eigenvalue weighted by molar-refractivity contribution is 0.629. The molecule has 1 heterocycles. The minimum atomic E-state index is -0.190. The smallest absolute Gasteiger partial charge is 0.125 e. The maximum Gasteiger partial charge on any atom is 0.125 e. The monoisotopic (exact) mass is 220 g/mol. The maximum absolute atomic E-state index is 13.0. The molecule has 0 amide bonds. The van der Waals surface area contributed by atoms with Gasteiger partial charge >= 0.3 is 0 Å². The van der Waals surface area contributed by atoms with Crippen LogP contribution < -0.4 is 5.32 Å². The van der Waals surface area contributed by atoms with Crippen LogP contribution >= 0.6 is 0 Å². The zero-order valence-electron chi connectivity index (χ0n) is 9.52. The normalized spacial score (nSPS) is 11.1. The van der Waals surface area contributed by atoms with Crippen molar-refractivity contribution >= 4 is 10.9 Å². The summed E-state index contributed by atoms with van der Waals surface area (Å²) >= 11 is 0. The molecule has 2 rings (SSSR count). The first-order valence-electron chi connectivity index (χ1n) is 5.77. The van der Waals surface area contributed by atoms with Crippen LogP contribution in [0.5, 0.6) is 0 Å². The van der Waals surface area contributed by atoms with E-state index in [1.807, 2.05) is 12.3 Å². The quantitative estimate of drug-likeness (QED) is 0.745. The van der Waals surface area contributed by atoms with Crippen molar-refractivity contribution in [3.63, 3.8) is 0 Å². The number of fused-ring (bicyclic) bond motifs is 1. The predicted octanol–water partition coefficient (Wildman–Crippen LogP) is 2.85. The van der Waals surface area contributed by atoms with Crippen molar-refractivity contribution in [2.45, 2.75) is 19.8 Å². The molecule has 0 bridgehead atoms. The lowest BCUT2D eigenvalue weighted by atomic mass is 10.1. The van der Waals surface area contributed by atoms with E-state index in [1.165, 1.54) is 17.7 Å². The van der Waals surface area contributed by atoms with Crippen LogP contribution in [0.3, 0.4) is 0 Å². The van der Waals surface area contributed by atoms with Crippen LogP contribution in [0.2, 0.25) is 0 Å². The molecule has 0 aliphatic carbocycles. The van der Waals surface area contributed by atoms with Gasteiger partial charge in [0.25, 0.3) is 0 Å². The highest BCUT2D eigenvalue weighted by atomic mass is 19.1. The second kappa shape index (κ2) is 5.12. The first-order chi connectivity index (χ1) is 7.81. The van der Waals surface area contributed by atoms with Crippen molar-refractivity contribution in [1.29, 1.82) is 0 Å². The third-order valence-corrected chi connectivity index (χ3v) is 2.73. The number of benzene rings is 1. The van der Waals surface area contributed by atoms with Crippen molar-refractivity contribution in [3.05, 3.63) is 35.8 Å². The van der Waals surface area contributed by atoms with Crippen LogP contribution in [0.25, 0.3) is 10.9 Å². The number of rotatable bonds is 5. The molecule has 0 fully saturated rings. The summed E-state index contributed by atoms with van der Waals surface area (Å²) < 4.78 is 13.0. The summed E-state index contributed by atoms with van der Waals surface area (Å²) in [6.07, 6.45) is 4.10. The van der Waals surface area contributed by atoms with Crippen molar-refractivity contribution in [3.8, 4) is 0 Å². The topological polar surface area (TPSA) is 27.8 Å². The Kier molecular flexibility index (Phi) is 3.57. The molecular formula is C13H17FN2. The highest BCUT2D eigenvalue weighted by Crippen LogP contribution is 2.19. The summed E-state index contributed by atoms with van der Waals surface area (Å²) in [5, 5.41) is 4.49. The third kappa shape index (κ3) is 2.42. The van der Waals surface area contributed by atoms with Crippen LogP contribution in [0.15, 0.2) is 24.4 Å². The van der Waals surface area contributed by atoms with Gasteiger partial charge in [-0.3, -0.25) is 0 Å². The van der Waals surface area contributed by atoms with Crippen molar-refractivity contribution in [2.24, 2.45) is 0 Å². The molecule has 2 N–H and O–H groups in total. The van der Waals surface area contributed by atoms with E-state index in [0.717, 1.165) is 36.8 Å². The SMILES string of the molecule is CCCNCCc1c[nH]c2cc(F)ccc12. The second-order valence-electron chi connectivity index (χ2n) is 4.00. The molecule has 86 valence electrons. The molecule has 16 heavy (non-hydrogen) atoms. The molecular weight excluding hydrogens is 203 g/mol. The first kappa shape index (κ1) is 11.1. The fraction of sp³-hybridized carbons (Fsp3) is 0.385. The molecule has 1 aromatic heterocycles. The van der Waals surface area contributed by atoms with Crippen LogP contribution in [0.1, 0.15) is 18.9 Å². The van der Waals surface area contributed by atoms with E-state index in [4.69, 9.17) is 0 Å². The van der Waals surface area contributed by atoms with Crippen LogP contribution in [0, 0.1) is 5.82 Å². The Bertz CT molecular complexity index is 462. The Morgan fingerprint density at radius 3 is 3.00 bits per heavy atom. The summed E-state index contributed by atoms with van der Waals surface area (Å²) in [6.45, 7) is 4.18. The summed E-state index contributed by atoms with van der Waals surface area (Å²) in [4.78, 5) is 3.10. The van der Waals surface area contributed by atoms with E-state index in [9.17, 15) is 4.39 Å². The fourth-order valence-corrected chi connectivity index (χ4v) is 1.89. The minimum Gasteiger partial charge on any atom is -0.361 e. The van der Waals surface area contributed by atoms with E-state index < -0.39 is 0 Å². The zero-order valence-corrected chi connectivity index (χ0v) is 9.52. The van der Waals surface area contributed by atoms with Crippen LogP contribution in [-0.2, 0) is 6.42 Å². The number of aromatic nitrogens is 1. The Morgan fingerprint density at radius 1 is 1.31 bits per heavy atom. The number of halogens is 1. The summed E-state index contributed by atoms with van der Waals surface area (Å²) in [7, 11) is 0. The van der Waals surface area contributed by atoms with Gasteiger partial charge in [0.05, 0.1) is 0 Å². The summed E-state index contributed by atoms with van der Waals surface area (Å²) in [6, 6.07) is 4.90. The van der Waals surface area contributed by atoms with Gasteiger partial charge in [-0.25, -0.2) is 4.39 Å². The minimum absolute atomic E-state index is 0.190. The molecule has 1 aromatic carbocycles. The standard InChI is InChI=1S/C13H17FN2/c1-2-6-15-7-5-10-9-16-13-8-11(14)3-4-12(10)13/h3-4,8-9,15-16H,2,5-7H2,1H3. The van der Waals surface area contributed by atoms with Gasteiger partial charge in [0.2, 0.25) is 0 Å². The van der Waals surface area contributed by atoms with Gasteiger partial charge in [-0.2, -0.15) is 0 Å².